The number of hydrogen-bond acceptors (Lipinski definition) is 3. The average Bonchev–Trinajstić information content (AvgIpc) is 2.61. The van der Waals surface area contributed by atoms with Gasteiger partial charge in [-0.1, -0.05) is 19.9 Å². The van der Waals surface area contributed by atoms with Crippen molar-refractivity contribution in [2.75, 3.05) is 0 Å². The Morgan fingerprint density at radius 3 is 2.29 bits per heavy atom. The van der Waals surface area contributed by atoms with Gasteiger partial charge in [0.15, 0.2) is 0 Å². The molecule has 1 aliphatic rings. The highest BCUT2D eigenvalue weighted by Crippen LogP contribution is 2.22. The van der Waals surface area contributed by atoms with Crippen LogP contribution in [0, 0.1) is 13.8 Å². The molecule has 0 bridgehead atoms. The van der Waals surface area contributed by atoms with E-state index in [4.69, 9.17) is 0 Å². The Morgan fingerprint density at radius 1 is 1.35 bits per heavy atom. The van der Waals surface area contributed by atoms with E-state index in [1.54, 1.807) is 0 Å². The molecule has 1 aromatic rings. The maximum absolute atomic E-state index is 4.43. The van der Waals surface area contributed by atoms with Gasteiger partial charge < -0.3 is 0 Å². The summed E-state index contributed by atoms with van der Waals surface area (Å²) in [7, 11) is 0. The zero-order valence-corrected chi connectivity index (χ0v) is 12.2. The fourth-order valence-corrected chi connectivity index (χ4v) is 2.26. The maximum Gasteiger partial charge on any atom is 0.0956 e. The fourth-order valence-electron chi connectivity index (χ4n) is 1.34. The summed E-state index contributed by atoms with van der Waals surface area (Å²) in [6, 6.07) is 0.519. The Bertz CT molecular complexity index is 383. The van der Waals surface area contributed by atoms with E-state index in [0.29, 0.717) is 12.0 Å². The van der Waals surface area contributed by atoms with E-state index in [9.17, 15) is 0 Å². The molecule has 1 unspecified atom stereocenters. The summed E-state index contributed by atoms with van der Waals surface area (Å²) in [5, 5.41) is 1.26. The van der Waals surface area contributed by atoms with Gasteiger partial charge in [0.25, 0.3) is 0 Å². The van der Waals surface area contributed by atoms with Crippen LogP contribution >= 0.6 is 11.3 Å². The van der Waals surface area contributed by atoms with Gasteiger partial charge in [-0.3, -0.25) is 4.99 Å². The Labute approximate surface area is 109 Å². The zero-order chi connectivity index (χ0) is 12.8. The minimum Gasteiger partial charge on any atom is -0.290 e. The molecule has 2 heterocycles. The van der Waals surface area contributed by atoms with Gasteiger partial charge in [0.2, 0.25) is 0 Å². The molecule has 94 valence electrons. The lowest BCUT2D eigenvalue weighted by molar-refractivity contribution is 0.757. The highest BCUT2D eigenvalue weighted by Gasteiger charge is 2.05. The highest BCUT2D eigenvalue weighted by molar-refractivity contribution is 7.11. The molecule has 2 nitrogen and oxygen atoms in total. The number of thiazole rings is 1. The molecule has 0 spiro atoms. The van der Waals surface area contributed by atoms with Gasteiger partial charge in [-0.15, -0.1) is 11.3 Å². The van der Waals surface area contributed by atoms with E-state index >= 15 is 0 Å². The third-order valence-corrected chi connectivity index (χ3v) is 3.95. The first-order chi connectivity index (χ1) is 8.00. The Kier molecular flexibility index (Phi) is 5.56. The topological polar surface area (TPSA) is 25.2 Å². The van der Waals surface area contributed by atoms with Crippen LogP contribution in [0.15, 0.2) is 17.1 Å². The number of aliphatic imine (C=N–C) groups is 1. The number of nitrogens with zero attached hydrogens (tertiary/aromatic N) is 2. The smallest absolute Gasteiger partial charge is 0.0956 e. The molecule has 17 heavy (non-hydrogen) atoms. The first-order valence-electron chi connectivity index (χ1n) is 6.13. The second-order valence-electron chi connectivity index (χ2n) is 4.66. The van der Waals surface area contributed by atoms with Gasteiger partial charge in [0, 0.05) is 17.0 Å². The molecular weight excluding hydrogens is 228 g/mol. The number of aromatic nitrogens is 1. The zero-order valence-electron chi connectivity index (χ0n) is 11.4. The molecule has 2 rings (SSSR count). The third-order valence-electron chi connectivity index (χ3n) is 2.58. The van der Waals surface area contributed by atoms with Crippen LogP contribution in [-0.4, -0.2) is 17.2 Å². The summed E-state index contributed by atoms with van der Waals surface area (Å²) in [5.74, 6) is 0.581. The molecule has 0 aromatic carbocycles. The molecule has 0 N–H and O–H groups in total. The molecule has 1 aliphatic heterocycles. The van der Waals surface area contributed by atoms with Crippen molar-refractivity contribution in [3.63, 3.8) is 0 Å². The van der Waals surface area contributed by atoms with Gasteiger partial charge in [0.1, 0.15) is 0 Å². The lowest BCUT2D eigenvalue weighted by Crippen LogP contribution is -1.97. The summed E-state index contributed by atoms with van der Waals surface area (Å²) < 4.78 is 0. The van der Waals surface area contributed by atoms with E-state index in [-0.39, 0.29) is 0 Å². The number of hydrogen-bond donors (Lipinski definition) is 0. The van der Waals surface area contributed by atoms with Crippen molar-refractivity contribution >= 4 is 17.6 Å². The molecule has 0 saturated carbocycles. The number of dihydropyridines is 1. The first kappa shape index (κ1) is 14.1. The third kappa shape index (κ3) is 4.82. The lowest BCUT2D eigenvalue weighted by atomic mass is 10.2. The summed E-state index contributed by atoms with van der Waals surface area (Å²) in [5.41, 5.74) is 1.19. The average molecular weight is 250 g/mol. The van der Waals surface area contributed by atoms with E-state index in [0.717, 1.165) is 6.42 Å². The molecule has 1 atom stereocenters. The second-order valence-corrected chi connectivity index (χ2v) is 5.89. The van der Waals surface area contributed by atoms with Crippen molar-refractivity contribution in [2.24, 2.45) is 4.99 Å². The van der Waals surface area contributed by atoms with Crippen LogP contribution in [0.5, 0.6) is 0 Å². The maximum atomic E-state index is 4.43. The van der Waals surface area contributed by atoms with Gasteiger partial charge in [-0.05, 0) is 33.3 Å². The highest BCUT2D eigenvalue weighted by atomic mass is 32.1. The SMILES string of the molecule is CC1CC=CC=N1.Cc1nc(C(C)C)sc1C. The predicted octanol–water partition coefficient (Wildman–Crippen LogP) is 4.29. The Hall–Kier alpha value is -0.960. The monoisotopic (exact) mass is 250 g/mol. The standard InChI is InChI=1S/C8H13NS.C6H9N/c1-5(2)8-9-6(3)7(4)10-8;1-6-4-2-3-5-7-6/h5H,1-4H3;2-3,5-6H,4H2,1H3. The lowest BCUT2D eigenvalue weighted by Gasteiger charge is -2.02. The van der Waals surface area contributed by atoms with Crippen LogP contribution in [0.1, 0.15) is 48.7 Å². The van der Waals surface area contributed by atoms with Gasteiger partial charge in [-0.2, -0.15) is 0 Å². The van der Waals surface area contributed by atoms with Gasteiger partial charge in [-0.25, -0.2) is 4.98 Å². The fraction of sp³-hybridized carbons (Fsp3) is 0.571. The number of allylic oxidation sites excluding steroid dienone is 1. The summed E-state index contributed by atoms with van der Waals surface area (Å²) in [6.07, 6.45) is 7.09. The predicted molar refractivity (Wildman–Crippen MR) is 77.4 cm³/mol. The number of rotatable bonds is 1. The summed E-state index contributed by atoms with van der Waals surface area (Å²) >= 11 is 1.81. The molecule has 0 saturated heterocycles. The Balaban J connectivity index is 0.000000181. The van der Waals surface area contributed by atoms with E-state index in [2.05, 4.69) is 50.7 Å². The minimum atomic E-state index is 0.519. The summed E-state index contributed by atoms with van der Waals surface area (Å²) in [4.78, 5) is 9.90. The van der Waals surface area contributed by atoms with Crippen molar-refractivity contribution in [3.8, 4) is 0 Å². The molecule has 0 aliphatic carbocycles. The van der Waals surface area contributed by atoms with Crippen LogP contribution in [0.3, 0.4) is 0 Å². The molecule has 0 fully saturated rings. The first-order valence-corrected chi connectivity index (χ1v) is 6.94. The second kappa shape index (κ2) is 6.70. The molecule has 1 aromatic heterocycles. The minimum absolute atomic E-state index is 0.519. The quantitative estimate of drug-likeness (QED) is 0.730. The Morgan fingerprint density at radius 2 is 2.06 bits per heavy atom. The van der Waals surface area contributed by atoms with Crippen LogP contribution in [-0.2, 0) is 0 Å². The number of aryl methyl sites for hydroxylation is 2. The normalized spacial score (nSPS) is 18.1. The van der Waals surface area contributed by atoms with Crippen molar-refractivity contribution in [2.45, 2.75) is 53.0 Å². The van der Waals surface area contributed by atoms with E-state index in [1.165, 1.54) is 15.6 Å². The summed E-state index contributed by atoms with van der Waals surface area (Å²) in [6.45, 7) is 10.7. The van der Waals surface area contributed by atoms with Crippen molar-refractivity contribution in [1.29, 1.82) is 0 Å². The molecular formula is C14H22N2S. The van der Waals surface area contributed by atoms with E-state index in [1.807, 2.05) is 23.6 Å². The van der Waals surface area contributed by atoms with Crippen LogP contribution in [0.4, 0.5) is 0 Å². The van der Waals surface area contributed by atoms with Crippen LogP contribution in [0.2, 0.25) is 0 Å². The van der Waals surface area contributed by atoms with Crippen LogP contribution in [0.25, 0.3) is 0 Å². The van der Waals surface area contributed by atoms with Crippen molar-refractivity contribution in [3.05, 3.63) is 27.7 Å². The van der Waals surface area contributed by atoms with Gasteiger partial charge >= 0.3 is 0 Å². The molecule has 3 heteroatoms. The van der Waals surface area contributed by atoms with E-state index < -0.39 is 0 Å². The van der Waals surface area contributed by atoms with Crippen LogP contribution < -0.4 is 0 Å². The van der Waals surface area contributed by atoms with Crippen molar-refractivity contribution < 1.29 is 0 Å². The molecule has 0 amide bonds. The van der Waals surface area contributed by atoms with Crippen molar-refractivity contribution in [1.82, 2.24) is 4.98 Å². The largest absolute Gasteiger partial charge is 0.290 e. The van der Waals surface area contributed by atoms with Gasteiger partial charge in [0.05, 0.1) is 16.7 Å². The molecule has 0 radical (unpaired) electrons.